The van der Waals surface area contributed by atoms with Crippen LogP contribution < -0.4 is 4.74 Å². The number of carbonyl (C=O) groups excluding carboxylic acids is 2. The van der Waals surface area contributed by atoms with E-state index in [0.29, 0.717) is 13.1 Å². The van der Waals surface area contributed by atoms with Gasteiger partial charge in [0.2, 0.25) is 15.9 Å². The molecule has 0 saturated carbocycles. The Morgan fingerprint density at radius 1 is 1.14 bits per heavy atom. The molecule has 0 aliphatic carbocycles. The van der Waals surface area contributed by atoms with Crippen molar-refractivity contribution in [3.05, 3.63) is 24.0 Å². The van der Waals surface area contributed by atoms with E-state index in [9.17, 15) is 22.4 Å². The fourth-order valence-corrected chi connectivity index (χ4v) is 4.53. The predicted molar refractivity (Wildman–Crippen MR) is 103 cm³/mol. The van der Waals surface area contributed by atoms with E-state index < -0.39 is 34.4 Å². The van der Waals surface area contributed by atoms with Crippen LogP contribution >= 0.6 is 0 Å². The Bertz CT molecular complexity index is 840. The van der Waals surface area contributed by atoms with E-state index in [1.165, 1.54) is 23.0 Å². The van der Waals surface area contributed by atoms with Crippen molar-refractivity contribution in [2.75, 3.05) is 53.0 Å². The number of likely N-dealkylation sites (N-methyl/N-ethyl adjacent to an activating group) is 1. The van der Waals surface area contributed by atoms with Crippen LogP contribution in [0.4, 0.5) is 9.18 Å². The number of hydrogen-bond donors (Lipinski definition) is 0. The van der Waals surface area contributed by atoms with Gasteiger partial charge in [-0.15, -0.1) is 0 Å². The smallest absolute Gasteiger partial charge is 0.409 e. The van der Waals surface area contributed by atoms with Crippen LogP contribution in [0.15, 0.2) is 23.1 Å². The minimum atomic E-state index is -4.15. The number of methoxy groups -OCH3 is 1. The number of hydrogen-bond acceptors (Lipinski definition) is 6. The van der Waals surface area contributed by atoms with Gasteiger partial charge in [-0.2, -0.15) is 4.31 Å². The van der Waals surface area contributed by atoms with Gasteiger partial charge in [0.1, 0.15) is 16.5 Å². The van der Waals surface area contributed by atoms with E-state index >= 15 is 0 Å². The van der Waals surface area contributed by atoms with Gasteiger partial charge in [0, 0.05) is 32.7 Å². The van der Waals surface area contributed by atoms with Gasteiger partial charge in [0.15, 0.2) is 0 Å². The third-order valence-corrected chi connectivity index (χ3v) is 6.51. The van der Waals surface area contributed by atoms with Gasteiger partial charge >= 0.3 is 6.09 Å². The SMILES string of the molecule is CCOC(=O)N1CCN(C(=O)CN(CC)S(=O)(=O)c2cc(F)ccc2OC)CC1. The average molecular weight is 431 g/mol. The Balaban J connectivity index is 2.09. The van der Waals surface area contributed by atoms with Gasteiger partial charge in [0.05, 0.1) is 20.3 Å². The van der Waals surface area contributed by atoms with Crippen LogP contribution in [-0.2, 0) is 19.6 Å². The monoisotopic (exact) mass is 431 g/mol. The minimum absolute atomic E-state index is 0.000324. The molecule has 0 atom stereocenters. The second-order valence-corrected chi connectivity index (χ2v) is 8.20. The Hall–Kier alpha value is -2.40. The fourth-order valence-electron chi connectivity index (χ4n) is 2.96. The van der Waals surface area contributed by atoms with E-state index in [2.05, 4.69) is 0 Å². The molecule has 1 aliphatic heterocycles. The molecule has 0 N–H and O–H groups in total. The number of ether oxygens (including phenoxy) is 2. The summed E-state index contributed by atoms with van der Waals surface area (Å²) in [6.07, 6.45) is -0.435. The Morgan fingerprint density at radius 3 is 2.31 bits per heavy atom. The summed E-state index contributed by atoms with van der Waals surface area (Å²) >= 11 is 0. The van der Waals surface area contributed by atoms with E-state index in [1.807, 2.05) is 0 Å². The first-order valence-electron chi connectivity index (χ1n) is 9.27. The molecule has 0 spiro atoms. The van der Waals surface area contributed by atoms with Crippen molar-refractivity contribution in [3.63, 3.8) is 0 Å². The molecule has 1 aromatic rings. The summed E-state index contributed by atoms with van der Waals surface area (Å²) in [5, 5.41) is 0. The molecule has 29 heavy (non-hydrogen) atoms. The maximum absolute atomic E-state index is 13.6. The lowest BCUT2D eigenvalue weighted by Crippen LogP contribution is -2.53. The summed E-state index contributed by atoms with van der Waals surface area (Å²) in [6, 6.07) is 3.20. The Morgan fingerprint density at radius 2 is 1.76 bits per heavy atom. The summed E-state index contributed by atoms with van der Waals surface area (Å²) in [4.78, 5) is 27.1. The number of benzene rings is 1. The zero-order chi connectivity index (χ0) is 21.6. The molecule has 9 nitrogen and oxygen atoms in total. The molecule has 0 aromatic heterocycles. The average Bonchev–Trinajstić information content (AvgIpc) is 2.71. The largest absolute Gasteiger partial charge is 0.495 e. The number of sulfonamides is 1. The first-order chi connectivity index (χ1) is 13.7. The van der Waals surface area contributed by atoms with Crippen molar-refractivity contribution in [3.8, 4) is 5.75 Å². The Labute approximate surface area is 170 Å². The van der Waals surface area contributed by atoms with Crippen molar-refractivity contribution >= 4 is 22.0 Å². The zero-order valence-corrected chi connectivity index (χ0v) is 17.6. The molecule has 0 bridgehead atoms. The summed E-state index contributed by atoms with van der Waals surface area (Å²) < 4.78 is 50.5. The highest BCUT2D eigenvalue weighted by atomic mass is 32.2. The molecule has 0 radical (unpaired) electrons. The zero-order valence-electron chi connectivity index (χ0n) is 16.8. The van der Waals surface area contributed by atoms with Gasteiger partial charge in [-0.05, 0) is 25.1 Å². The molecule has 1 aromatic carbocycles. The Kier molecular flexibility index (Phi) is 7.80. The number of carbonyl (C=O) groups is 2. The van der Waals surface area contributed by atoms with Crippen molar-refractivity contribution in [1.82, 2.24) is 14.1 Å². The third kappa shape index (κ3) is 5.36. The van der Waals surface area contributed by atoms with Crippen molar-refractivity contribution in [2.45, 2.75) is 18.7 Å². The summed E-state index contributed by atoms with van der Waals surface area (Å²) in [5.41, 5.74) is 0. The minimum Gasteiger partial charge on any atom is -0.495 e. The van der Waals surface area contributed by atoms with Crippen LogP contribution in [0.2, 0.25) is 0 Å². The summed E-state index contributed by atoms with van der Waals surface area (Å²) in [5.74, 6) is -1.11. The van der Waals surface area contributed by atoms with Gasteiger partial charge in [-0.25, -0.2) is 17.6 Å². The number of nitrogens with zero attached hydrogens (tertiary/aromatic N) is 3. The van der Waals surface area contributed by atoms with Gasteiger partial charge in [-0.3, -0.25) is 4.79 Å². The normalized spacial score (nSPS) is 14.8. The summed E-state index contributed by atoms with van der Waals surface area (Å²) in [7, 11) is -2.86. The van der Waals surface area contributed by atoms with E-state index in [1.54, 1.807) is 13.8 Å². The van der Waals surface area contributed by atoms with Gasteiger partial charge in [0.25, 0.3) is 0 Å². The lowest BCUT2D eigenvalue weighted by Gasteiger charge is -2.35. The first kappa shape index (κ1) is 22.9. The van der Waals surface area contributed by atoms with Crippen LogP contribution in [0.1, 0.15) is 13.8 Å². The van der Waals surface area contributed by atoms with E-state index in [0.717, 1.165) is 16.4 Å². The molecule has 1 fully saturated rings. The van der Waals surface area contributed by atoms with E-state index in [-0.39, 0.29) is 36.9 Å². The van der Waals surface area contributed by atoms with Gasteiger partial charge < -0.3 is 19.3 Å². The summed E-state index contributed by atoms with van der Waals surface area (Å²) in [6.45, 7) is 4.37. The highest BCUT2D eigenvalue weighted by molar-refractivity contribution is 7.89. The number of amides is 2. The lowest BCUT2D eigenvalue weighted by molar-refractivity contribution is -0.133. The van der Waals surface area contributed by atoms with Crippen LogP contribution in [0, 0.1) is 5.82 Å². The van der Waals surface area contributed by atoms with Gasteiger partial charge in [-0.1, -0.05) is 6.92 Å². The van der Waals surface area contributed by atoms with Crippen LogP contribution in [0.3, 0.4) is 0 Å². The molecular weight excluding hydrogens is 405 g/mol. The van der Waals surface area contributed by atoms with E-state index in [4.69, 9.17) is 9.47 Å². The predicted octanol–water partition coefficient (Wildman–Crippen LogP) is 1.15. The molecular formula is C18H26FN3O6S. The molecule has 1 aliphatic rings. The number of piperazine rings is 1. The second-order valence-electron chi connectivity index (χ2n) is 6.29. The second kappa shape index (κ2) is 9.88. The third-order valence-electron chi connectivity index (χ3n) is 4.57. The van der Waals surface area contributed by atoms with Crippen LogP contribution in [-0.4, -0.2) is 87.5 Å². The quantitative estimate of drug-likeness (QED) is 0.643. The standard InChI is InChI=1S/C18H26FN3O6S/c1-4-22(29(25,26)16-12-14(19)6-7-15(16)27-3)13-17(23)20-8-10-21(11-9-20)18(24)28-5-2/h6-7,12H,4-5,8-11,13H2,1-3H3. The number of halogens is 1. The first-order valence-corrected chi connectivity index (χ1v) is 10.7. The molecule has 1 saturated heterocycles. The molecule has 1 heterocycles. The highest BCUT2D eigenvalue weighted by Gasteiger charge is 2.31. The molecule has 2 amide bonds. The highest BCUT2D eigenvalue weighted by Crippen LogP contribution is 2.27. The topological polar surface area (TPSA) is 96.5 Å². The number of rotatable bonds is 7. The molecule has 162 valence electrons. The maximum atomic E-state index is 13.6. The van der Waals surface area contributed by atoms with Crippen molar-refractivity contribution in [1.29, 1.82) is 0 Å². The van der Waals surface area contributed by atoms with Crippen molar-refractivity contribution in [2.24, 2.45) is 0 Å². The van der Waals surface area contributed by atoms with Crippen LogP contribution in [0.25, 0.3) is 0 Å². The maximum Gasteiger partial charge on any atom is 0.409 e. The van der Waals surface area contributed by atoms with Crippen molar-refractivity contribution < 1.29 is 31.9 Å². The molecule has 11 heteroatoms. The molecule has 2 rings (SSSR count). The van der Waals surface area contributed by atoms with Crippen LogP contribution in [0.5, 0.6) is 5.75 Å². The molecule has 0 unspecified atom stereocenters. The fraction of sp³-hybridized carbons (Fsp3) is 0.556. The lowest BCUT2D eigenvalue weighted by atomic mass is 10.3.